The molecule has 4 rings (SSSR count). The highest BCUT2D eigenvalue weighted by atomic mass is 19.1. The first-order valence-corrected chi connectivity index (χ1v) is 8.12. The molecule has 2 aromatic carbocycles. The molecule has 130 valence electrons. The Balaban J connectivity index is 1.75. The second-order valence-corrected chi connectivity index (χ2v) is 5.95. The Morgan fingerprint density at radius 2 is 1.92 bits per heavy atom. The lowest BCUT2D eigenvalue weighted by molar-refractivity contribution is 0.415. The topological polar surface area (TPSA) is 48.5 Å². The van der Waals surface area contributed by atoms with Gasteiger partial charge in [-0.1, -0.05) is 24.3 Å². The highest BCUT2D eigenvalue weighted by Crippen LogP contribution is 2.23. The highest BCUT2D eigenvalue weighted by molar-refractivity contribution is 5.66. The number of methoxy groups -OCH3 is 1. The van der Waals surface area contributed by atoms with Gasteiger partial charge in [0, 0.05) is 18.0 Å². The largest absolute Gasteiger partial charge is 0.497 e. The van der Waals surface area contributed by atoms with Crippen LogP contribution in [0.5, 0.6) is 5.75 Å². The molecule has 4 aromatic rings. The summed E-state index contributed by atoms with van der Waals surface area (Å²) < 4.78 is 21.7. The van der Waals surface area contributed by atoms with Crippen molar-refractivity contribution in [1.29, 1.82) is 0 Å². The van der Waals surface area contributed by atoms with Gasteiger partial charge in [-0.15, -0.1) is 0 Å². The molecular weight excluding hydrogens is 333 g/mol. The third-order valence-corrected chi connectivity index (χ3v) is 4.21. The number of fused-ring (bicyclic) bond motifs is 1. The van der Waals surface area contributed by atoms with Crippen LogP contribution in [-0.2, 0) is 6.54 Å². The summed E-state index contributed by atoms with van der Waals surface area (Å²) in [6, 6.07) is 15.5. The molecule has 0 amide bonds. The summed E-state index contributed by atoms with van der Waals surface area (Å²) in [5, 5.41) is 4.47. The van der Waals surface area contributed by atoms with Crippen LogP contribution in [-0.4, -0.2) is 21.3 Å². The lowest BCUT2D eigenvalue weighted by Crippen LogP contribution is -2.21. The molecular formula is C20H16FN3O2. The molecule has 0 spiro atoms. The molecule has 0 radical (unpaired) electrons. The minimum absolute atomic E-state index is 0.182. The Labute approximate surface area is 148 Å². The zero-order valence-electron chi connectivity index (χ0n) is 14.1. The van der Waals surface area contributed by atoms with Crippen molar-refractivity contribution in [2.45, 2.75) is 6.54 Å². The van der Waals surface area contributed by atoms with Gasteiger partial charge in [0.15, 0.2) is 0 Å². The molecule has 0 unspecified atom stereocenters. The van der Waals surface area contributed by atoms with Crippen LogP contribution in [0.2, 0.25) is 0 Å². The van der Waals surface area contributed by atoms with Gasteiger partial charge in [0.2, 0.25) is 0 Å². The van der Waals surface area contributed by atoms with Crippen LogP contribution < -0.4 is 10.3 Å². The van der Waals surface area contributed by atoms with Crippen LogP contribution in [0, 0.1) is 5.82 Å². The molecule has 0 fully saturated rings. The number of rotatable bonds is 4. The summed E-state index contributed by atoms with van der Waals surface area (Å²) in [4.78, 5) is 12.8. The number of halogens is 1. The van der Waals surface area contributed by atoms with Crippen LogP contribution >= 0.6 is 0 Å². The predicted molar refractivity (Wildman–Crippen MR) is 96.9 cm³/mol. The molecule has 0 aliphatic heterocycles. The average Bonchev–Trinajstić information content (AvgIpc) is 3.09. The van der Waals surface area contributed by atoms with E-state index in [4.69, 9.17) is 4.74 Å². The van der Waals surface area contributed by atoms with Crippen molar-refractivity contribution in [2.75, 3.05) is 7.11 Å². The van der Waals surface area contributed by atoms with Gasteiger partial charge in [-0.3, -0.25) is 4.79 Å². The van der Waals surface area contributed by atoms with E-state index in [1.807, 2.05) is 24.3 Å². The Hall–Kier alpha value is -3.41. The molecule has 2 heterocycles. The minimum atomic E-state index is -0.318. The van der Waals surface area contributed by atoms with Crippen LogP contribution in [0.15, 0.2) is 71.8 Å². The molecule has 0 aliphatic rings. The molecule has 0 saturated carbocycles. The van der Waals surface area contributed by atoms with Gasteiger partial charge in [-0.2, -0.15) is 5.10 Å². The van der Waals surface area contributed by atoms with Crippen LogP contribution in [0.25, 0.3) is 16.8 Å². The molecule has 26 heavy (non-hydrogen) atoms. The number of benzene rings is 2. The van der Waals surface area contributed by atoms with Crippen LogP contribution in [0.4, 0.5) is 4.39 Å². The van der Waals surface area contributed by atoms with Gasteiger partial charge in [0.05, 0.1) is 19.3 Å². The fourth-order valence-electron chi connectivity index (χ4n) is 2.91. The third kappa shape index (κ3) is 2.97. The van der Waals surface area contributed by atoms with Gasteiger partial charge in [0.25, 0.3) is 5.56 Å². The Kier molecular flexibility index (Phi) is 4.01. The zero-order chi connectivity index (χ0) is 18.1. The average molecular weight is 349 g/mol. The second-order valence-electron chi connectivity index (χ2n) is 5.95. The van der Waals surface area contributed by atoms with Gasteiger partial charge in [-0.25, -0.2) is 8.91 Å². The molecule has 0 atom stereocenters. The second kappa shape index (κ2) is 6.48. The van der Waals surface area contributed by atoms with E-state index in [9.17, 15) is 9.18 Å². The van der Waals surface area contributed by atoms with Gasteiger partial charge >= 0.3 is 0 Å². The Morgan fingerprint density at radius 3 is 2.73 bits per heavy atom. The molecule has 5 nitrogen and oxygen atoms in total. The van der Waals surface area contributed by atoms with Crippen molar-refractivity contribution in [3.8, 4) is 17.0 Å². The van der Waals surface area contributed by atoms with Crippen molar-refractivity contribution in [1.82, 2.24) is 14.2 Å². The Bertz CT molecular complexity index is 1150. The first-order valence-electron chi connectivity index (χ1n) is 8.12. The SMILES string of the molecule is COc1cccc(-c2cc3c(=O)n(Cc4cccc(F)c4)ccn3n2)c1. The maximum atomic E-state index is 13.4. The van der Waals surface area contributed by atoms with E-state index in [-0.39, 0.29) is 11.4 Å². The van der Waals surface area contributed by atoms with Crippen molar-refractivity contribution >= 4 is 5.52 Å². The quantitative estimate of drug-likeness (QED) is 0.568. The van der Waals surface area contributed by atoms with E-state index in [0.717, 1.165) is 16.9 Å². The number of aromatic nitrogens is 3. The normalized spacial score (nSPS) is 11.0. The molecule has 0 N–H and O–H groups in total. The fourth-order valence-corrected chi connectivity index (χ4v) is 2.91. The summed E-state index contributed by atoms with van der Waals surface area (Å²) in [6.45, 7) is 0.298. The predicted octanol–water partition coefficient (Wildman–Crippen LogP) is 3.36. The number of hydrogen-bond acceptors (Lipinski definition) is 3. The van der Waals surface area contributed by atoms with Gasteiger partial charge < -0.3 is 9.30 Å². The maximum absolute atomic E-state index is 13.4. The summed E-state index contributed by atoms with van der Waals surface area (Å²) in [7, 11) is 1.61. The van der Waals surface area contributed by atoms with E-state index in [1.54, 1.807) is 46.8 Å². The molecule has 2 aromatic heterocycles. The van der Waals surface area contributed by atoms with E-state index in [0.29, 0.717) is 17.8 Å². The Morgan fingerprint density at radius 1 is 1.08 bits per heavy atom. The fraction of sp³-hybridized carbons (Fsp3) is 0.100. The third-order valence-electron chi connectivity index (χ3n) is 4.21. The van der Waals surface area contributed by atoms with E-state index in [1.165, 1.54) is 12.1 Å². The summed E-state index contributed by atoms with van der Waals surface area (Å²) in [6.07, 6.45) is 3.38. The number of hydrogen-bond donors (Lipinski definition) is 0. The van der Waals surface area contributed by atoms with Gasteiger partial charge in [0.1, 0.15) is 17.1 Å². The van der Waals surface area contributed by atoms with E-state index in [2.05, 4.69) is 5.10 Å². The number of ether oxygens (including phenoxy) is 1. The van der Waals surface area contributed by atoms with E-state index >= 15 is 0 Å². The lowest BCUT2D eigenvalue weighted by atomic mass is 10.1. The highest BCUT2D eigenvalue weighted by Gasteiger charge is 2.10. The number of nitrogens with zero attached hydrogens (tertiary/aromatic N) is 3. The molecule has 6 heteroatoms. The van der Waals surface area contributed by atoms with Crippen molar-refractivity contribution in [3.63, 3.8) is 0 Å². The summed E-state index contributed by atoms with van der Waals surface area (Å²) >= 11 is 0. The first kappa shape index (κ1) is 16.1. The first-order chi connectivity index (χ1) is 12.6. The van der Waals surface area contributed by atoms with Crippen LogP contribution in [0.1, 0.15) is 5.56 Å². The van der Waals surface area contributed by atoms with Crippen molar-refractivity contribution < 1.29 is 9.13 Å². The standard InChI is InChI=1S/C20H16FN3O2/c1-26-17-7-3-5-15(11-17)18-12-19-20(25)23(8-9-24(19)22-18)13-14-4-2-6-16(21)10-14/h2-12H,13H2,1H3. The molecule has 0 bridgehead atoms. The minimum Gasteiger partial charge on any atom is -0.497 e. The zero-order valence-corrected chi connectivity index (χ0v) is 14.1. The van der Waals surface area contributed by atoms with Crippen molar-refractivity contribution in [2.24, 2.45) is 0 Å². The van der Waals surface area contributed by atoms with Gasteiger partial charge in [-0.05, 0) is 35.9 Å². The maximum Gasteiger partial charge on any atom is 0.276 e. The molecule has 0 saturated heterocycles. The monoisotopic (exact) mass is 349 g/mol. The van der Waals surface area contributed by atoms with Crippen LogP contribution in [0.3, 0.4) is 0 Å². The smallest absolute Gasteiger partial charge is 0.276 e. The van der Waals surface area contributed by atoms with E-state index < -0.39 is 0 Å². The molecule has 0 aliphatic carbocycles. The van der Waals surface area contributed by atoms with Crippen molar-refractivity contribution in [3.05, 3.63) is 88.7 Å². The summed E-state index contributed by atoms with van der Waals surface area (Å²) in [5.41, 5.74) is 2.55. The summed E-state index contributed by atoms with van der Waals surface area (Å²) in [5.74, 6) is 0.407. The lowest BCUT2D eigenvalue weighted by Gasteiger charge is -2.06.